The minimum absolute atomic E-state index is 0.124. The first-order valence-corrected chi connectivity index (χ1v) is 9.10. The van der Waals surface area contributed by atoms with Crippen molar-refractivity contribution < 1.29 is 4.79 Å². The number of rotatable bonds is 3. The van der Waals surface area contributed by atoms with E-state index in [1.54, 1.807) is 0 Å². The van der Waals surface area contributed by atoms with Crippen LogP contribution in [-0.2, 0) is 12.8 Å². The van der Waals surface area contributed by atoms with Crippen molar-refractivity contribution in [3.05, 3.63) is 46.3 Å². The summed E-state index contributed by atoms with van der Waals surface area (Å²) in [5.74, 6) is -0.124. The number of carbonyl (C=O) groups is 1. The lowest BCUT2D eigenvalue weighted by molar-refractivity contribution is 0.102. The molecule has 6 heteroatoms. The summed E-state index contributed by atoms with van der Waals surface area (Å²) in [7, 11) is 0. The lowest BCUT2D eigenvalue weighted by atomic mass is 9.91. The number of piperazine rings is 1. The summed E-state index contributed by atoms with van der Waals surface area (Å²) in [5.41, 5.74) is 6.02. The maximum atomic E-state index is 12.6. The van der Waals surface area contributed by atoms with Gasteiger partial charge in [0.15, 0.2) is 0 Å². The highest BCUT2D eigenvalue weighted by atomic mass is 16.1. The molecule has 1 saturated heterocycles. The van der Waals surface area contributed by atoms with Gasteiger partial charge in [-0.05, 0) is 43.0 Å². The molecule has 3 heterocycles. The maximum Gasteiger partial charge on any atom is 0.273 e. The molecule has 0 bridgehead atoms. The molecule has 3 N–H and O–H groups in total. The molecular weight excluding hydrogens is 314 g/mol. The summed E-state index contributed by atoms with van der Waals surface area (Å²) in [6.07, 6.45) is 1.86. The Balaban J connectivity index is 1.54. The Hall–Kier alpha value is -2.18. The van der Waals surface area contributed by atoms with Crippen LogP contribution in [0.25, 0.3) is 0 Å². The average Bonchev–Trinajstić information content (AvgIpc) is 3.02. The number of hydrogen-bond acceptors (Lipinski definition) is 4. The number of H-pyrrole nitrogens is 1. The van der Waals surface area contributed by atoms with Gasteiger partial charge in [0, 0.05) is 43.5 Å². The van der Waals surface area contributed by atoms with Crippen molar-refractivity contribution in [2.24, 2.45) is 0 Å². The number of hydrogen-bond donors (Lipinski definition) is 3. The van der Waals surface area contributed by atoms with Crippen LogP contribution in [0.5, 0.6) is 0 Å². The smallest absolute Gasteiger partial charge is 0.273 e. The molecule has 1 amide bonds. The number of nitrogens with zero attached hydrogens (tertiary/aromatic N) is 2. The molecule has 6 nitrogen and oxygen atoms in total. The number of aromatic nitrogens is 2. The second kappa shape index (κ2) is 6.61. The van der Waals surface area contributed by atoms with Crippen LogP contribution in [0.4, 0.5) is 5.69 Å². The minimum Gasteiger partial charge on any atom is -0.321 e. The second-order valence-corrected chi connectivity index (χ2v) is 6.90. The van der Waals surface area contributed by atoms with E-state index in [9.17, 15) is 4.79 Å². The predicted molar refractivity (Wildman–Crippen MR) is 98.0 cm³/mol. The number of aromatic amines is 1. The zero-order valence-electron chi connectivity index (χ0n) is 14.9. The van der Waals surface area contributed by atoms with E-state index in [4.69, 9.17) is 0 Å². The highest BCUT2D eigenvalue weighted by Gasteiger charge is 2.29. The van der Waals surface area contributed by atoms with Gasteiger partial charge in [0.05, 0.1) is 5.69 Å². The number of aryl methyl sites for hydroxylation is 1. The molecule has 1 fully saturated rings. The Labute approximate surface area is 148 Å². The Bertz CT molecular complexity index is 797. The van der Waals surface area contributed by atoms with Gasteiger partial charge in [-0.1, -0.05) is 13.0 Å². The molecule has 2 aliphatic rings. The fourth-order valence-corrected chi connectivity index (χ4v) is 4.00. The van der Waals surface area contributed by atoms with Crippen LogP contribution in [0, 0.1) is 6.92 Å². The van der Waals surface area contributed by atoms with Crippen LogP contribution >= 0.6 is 0 Å². The first-order chi connectivity index (χ1) is 12.2. The summed E-state index contributed by atoms with van der Waals surface area (Å²) >= 11 is 0. The number of anilines is 1. The fourth-order valence-electron chi connectivity index (χ4n) is 4.00. The van der Waals surface area contributed by atoms with E-state index in [1.165, 1.54) is 11.1 Å². The van der Waals surface area contributed by atoms with E-state index < -0.39 is 0 Å². The summed E-state index contributed by atoms with van der Waals surface area (Å²) in [6, 6.07) is 6.78. The van der Waals surface area contributed by atoms with Gasteiger partial charge < -0.3 is 10.6 Å². The van der Waals surface area contributed by atoms with Crippen molar-refractivity contribution in [1.29, 1.82) is 0 Å². The highest BCUT2D eigenvalue weighted by molar-refractivity contribution is 6.04. The molecular formula is C19H25N5O. The van der Waals surface area contributed by atoms with E-state index in [0.29, 0.717) is 11.7 Å². The Morgan fingerprint density at radius 3 is 3.08 bits per heavy atom. The Kier molecular flexibility index (Phi) is 4.31. The van der Waals surface area contributed by atoms with E-state index in [-0.39, 0.29) is 5.91 Å². The number of nitrogens with one attached hydrogen (secondary N) is 3. The summed E-state index contributed by atoms with van der Waals surface area (Å²) < 4.78 is 0. The van der Waals surface area contributed by atoms with Gasteiger partial charge in [-0.25, -0.2) is 0 Å². The van der Waals surface area contributed by atoms with Crippen molar-refractivity contribution in [1.82, 2.24) is 20.4 Å². The largest absolute Gasteiger partial charge is 0.321 e. The normalized spacial score (nSPS) is 20.0. The zero-order chi connectivity index (χ0) is 17.4. The van der Waals surface area contributed by atoms with Crippen LogP contribution in [0.3, 0.4) is 0 Å². The lowest BCUT2D eigenvalue weighted by Gasteiger charge is -2.41. The monoisotopic (exact) mass is 339 g/mol. The highest BCUT2D eigenvalue weighted by Crippen LogP contribution is 2.32. The molecule has 2 aromatic rings. The minimum atomic E-state index is -0.124. The summed E-state index contributed by atoms with van der Waals surface area (Å²) in [5, 5.41) is 13.6. The van der Waals surface area contributed by atoms with Gasteiger partial charge in [-0.15, -0.1) is 0 Å². The molecule has 0 spiro atoms. The van der Waals surface area contributed by atoms with Crippen LogP contribution in [0.15, 0.2) is 18.2 Å². The number of carbonyl (C=O) groups excluding carboxylic acids is 1. The predicted octanol–water partition coefficient (Wildman–Crippen LogP) is 2.04. The quantitative estimate of drug-likeness (QED) is 0.800. The van der Waals surface area contributed by atoms with Crippen molar-refractivity contribution in [3.8, 4) is 0 Å². The first-order valence-electron chi connectivity index (χ1n) is 9.10. The first kappa shape index (κ1) is 16.3. The maximum absolute atomic E-state index is 12.6. The summed E-state index contributed by atoms with van der Waals surface area (Å²) in [6.45, 7) is 8.26. The van der Waals surface area contributed by atoms with Crippen molar-refractivity contribution >= 4 is 11.6 Å². The van der Waals surface area contributed by atoms with E-state index in [1.807, 2.05) is 19.9 Å². The Morgan fingerprint density at radius 2 is 2.28 bits per heavy atom. The fraction of sp³-hybridized carbons (Fsp3) is 0.474. The average molecular weight is 339 g/mol. The van der Waals surface area contributed by atoms with E-state index in [2.05, 4.69) is 37.9 Å². The van der Waals surface area contributed by atoms with E-state index in [0.717, 1.165) is 56.0 Å². The number of amides is 1. The lowest BCUT2D eigenvalue weighted by Crippen LogP contribution is -2.48. The third kappa shape index (κ3) is 2.96. The standard InChI is InChI=1S/C19H25N5O/c1-3-16-12(2)18(23-22-16)19(25)21-14-4-5-15-13(10-14)6-8-24-9-7-20-11-17(15)24/h4-5,10,17,20H,3,6-9,11H2,1-2H3,(H,21,25)(H,22,23)/t17-/m0/s1. The molecule has 132 valence electrons. The van der Waals surface area contributed by atoms with Gasteiger partial charge in [-0.2, -0.15) is 5.10 Å². The molecule has 1 atom stereocenters. The molecule has 0 saturated carbocycles. The topological polar surface area (TPSA) is 73.0 Å². The van der Waals surface area contributed by atoms with Crippen LogP contribution < -0.4 is 10.6 Å². The molecule has 1 aromatic carbocycles. The summed E-state index contributed by atoms with van der Waals surface area (Å²) in [4.78, 5) is 15.1. The second-order valence-electron chi connectivity index (χ2n) is 6.90. The molecule has 25 heavy (non-hydrogen) atoms. The third-order valence-corrected chi connectivity index (χ3v) is 5.45. The Morgan fingerprint density at radius 1 is 1.40 bits per heavy atom. The van der Waals surface area contributed by atoms with Gasteiger partial charge in [0.2, 0.25) is 0 Å². The van der Waals surface area contributed by atoms with Crippen LogP contribution in [0.2, 0.25) is 0 Å². The molecule has 4 rings (SSSR count). The SMILES string of the molecule is CCc1n[nH]c(C(=O)Nc2ccc3c(c2)CCN2CCNC[C@@H]32)c1C. The molecule has 1 aromatic heterocycles. The van der Waals surface area contributed by atoms with Crippen LogP contribution in [-0.4, -0.2) is 47.2 Å². The van der Waals surface area contributed by atoms with Gasteiger partial charge >= 0.3 is 0 Å². The number of benzene rings is 1. The van der Waals surface area contributed by atoms with Gasteiger partial charge in [0.1, 0.15) is 5.69 Å². The number of fused-ring (bicyclic) bond motifs is 3. The molecule has 2 aliphatic heterocycles. The molecule has 0 unspecified atom stereocenters. The molecule has 0 radical (unpaired) electrons. The van der Waals surface area contributed by atoms with Crippen molar-refractivity contribution in [2.75, 3.05) is 31.5 Å². The zero-order valence-corrected chi connectivity index (χ0v) is 14.9. The van der Waals surface area contributed by atoms with Crippen molar-refractivity contribution in [2.45, 2.75) is 32.7 Å². The third-order valence-electron chi connectivity index (χ3n) is 5.45. The van der Waals surface area contributed by atoms with Crippen LogP contribution in [0.1, 0.15) is 45.8 Å². The van der Waals surface area contributed by atoms with Crippen molar-refractivity contribution in [3.63, 3.8) is 0 Å². The van der Waals surface area contributed by atoms with E-state index >= 15 is 0 Å². The van der Waals surface area contributed by atoms with Gasteiger partial charge in [-0.3, -0.25) is 14.8 Å². The molecule has 0 aliphatic carbocycles. The van der Waals surface area contributed by atoms with Gasteiger partial charge in [0.25, 0.3) is 5.91 Å².